The highest BCUT2D eigenvalue weighted by atomic mass is 16.2. The summed E-state index contributed by atoms with van der Waals surface area (Å²) in [7, 11) is 0. The van der Waals surface area contributed by atoms with E-state index in [1.165, 1.54) is 10.9 Å². The van der Waals surface area contributed by atoms with Crippen molar-refractivity contribution in [3.05, 3.63) is 47.1 Å². The highest BCUT2D eigenvalue weighted by Crippen LogP contribution is 2.37. The standard InChI is InChI=1S/C20H19N9O/c1-11(2)26-15-7-16(24-10-14(15)19(30)28-20(23-3)4-5-20)29-18-13(9-25-29)6-12(8-21)17(22)27-18/h6-7,9-11H,4-5H2,1-2H3,(H2,22,27)(H,24,26)(H,28,30). The topological polar surface area (TPSA) is 139 Å². The first-order chi connectivity index (χ1) is 14.4. The van der Waals surface area contributed by atoms with Crippen molar-refractivity contribution in [2.24, 2.45) is 0 Å². The van der Waals surface area contributed by atoms with Gasteiger partial charge in [0.25, 0.3) is 5.91 Å². The molecule has 3 aromatic heterocycles. The smallest absolute Gasteiger partial charge is 0.308 e. The summed E-state index contributed by atoms with van der Waals surface area (Å²) in [6, 6.07) is 5.38. The number of nitriles is 1. The second-order valence-electron chi connectivity index (χ2n) is 7.49. The number of fused-ring (bicyclic) bond motifs is 1. The maximum atomic E-state index is 12.8. The molecular weight excluding hydrogens is 382 g/mol. The fraction of sp³-hybridized carbons (Fsp3) is 0.300. The molecule has 0 radical (unpaired) electrons. The minimum atomic E-state index is -0.789. The Morgan fingerprint density at radius 3 is 2.80 bits per heavy atom. The summed E-state index contributed by atoms with van der Waals surface area (Å²) in [5.41, 5.74) is 6.71. The lowest BCUT2D eigenvalue weighted by Gasteiger charge is -2.16. The van der Waals surface area contributed by atoms with Crippen molar-refractivity contribution in [2.75, 3.05) is 11.1 Å². The molecule has 0 atom stereocenters. The van der Waals surface area contributed by atoms with Gasteiger partial charge < -0.3 is 11.1 Å². The number of anilines is 2. The van der Waals surface area contributed by atoms with E-state index in [2.05, 4.69) is 30.5 Å². The first-order valence-electron chi connectivity index (χ1n) is 9.38. The zero-order chi connectivity index (χ0) is 21.5. The Balaban J connectivity index is 1.76. The number of nitrogens with one attached hydrogen (secondary N) is 2. The lowest BCUT2D eigenvalue weighted by atomic mass is 10.2. The predicted octanol–water partition coefficient (Wildman–Crippen LogP) is 2.23. The van der Waals surface area contributed by atoms with Gasteiger partial charge in [-0.25, -0.2) is 16.5 Å². The van der Waals surface area contributed by atoms with Crippen molar-refractivity contribution in [2.45, 2.75) is 38.4 Å². The third-order valence-electron chi connectivity index (χ3n) is 4.77. The van der Waals surface area contributed by atoms with Crippen LogP contribution in [0.5, 0.6) is 0 Å². The number of carbonyl (C=O) groups excluding carboxylic acids is 1. The van der Waals surface area contributed by atoms with E-state index in [9.17, 15) is 4.79 Å². The van der Waals surface area contributed by atoms with Gasteiger partial charge in [-0.2, -0.15) is 15.0 Å². The van der Waals surface area contributed by atoms with Crippen molar-refractivity contribution >= 4 is 28.4 Å². The zero-order valence-corrected chi connectivity index (χ0v) is 16.5. The van der Waals surface area contributed by atoms with Gasteiger partial charge in [0.05, 0.1) is 35.9 Å². The van der Waals surface area contributed by atoms with Crippen molar-refractivity contribution in [1.82, 2.24) is 25.1 Å². The number of hydrogen-bond donors (Lipinski definition) is 3. The molecule has 0 aliphatic heterocycles. The largest absolute Gasteiger partial charge is 0.383 e. The molecule has 0 unspecified atom stereocenters. The van der Waals surface area contributed by atoms with Gasteiger partial charge in [-0.3, -0.25) is 15.0 Å². The molecule has 10 heteroatoms. The molecule has 0 spiro atoms. The molecule has 0 saturated heterocycles. The zero-order valence-electron chi connectivity index (χ0n) is 16.5. The van der Waals surface area contributed by atoms with Crippen LogP contribution in [0, 0.1) is 17.9 Å². The predicted molar refractivity (Wildman–Crippen MR) is 111 cm³/mol. The van der Waals surface area contributed by atoms with Crippen LogP contribution in [-0.2, 0) is 0 Å². The second kappa shape index (κ2) is 7.01. The summed E-state index contributed by atoms with van der Waals surface area (Å²) < 4.78 is 1.50. The van der Waals surface area contributed by atoms with Gasteiger partial charge in [0, 0.05) is 23.7 Å². The fourth-order valence-corrected chi connectivity index (χ4v) is 3.06. The van der Waals surface area contributed by atoms with Gasteiger partial charge in [0.1, 0.15) is 11.9 Å². The number of nitrogen functional groups attached to an aromatic ring is 1. The number of rotatable bonds is 5. The van der Waals surface area contributed by atoms with Crippen LogP contribution >= 0.6 is 0 Å². The Morgan fingerprint density at radius 1 is 1.40 bits per heavy atom. The molecule has 0 bridgehead atoms. The van der Waals surface area contributed by atoms with Gasteiger partial charge in [-0.15, -0.1) is 0 Å². The Kier molecular flexibility index (Phi) is 4.47. The number of amides is 1. The molecule has 0 aromatic carbocycles. The van der Waals surface area contributed by atoms with Gasteiger partial charge in [-0.05, 0) is 19.9 Å². The maximum absolute atomic E-state index is 12.8. The highest BCUT2D eigenvalue weighted by molar-refractivity contribution is 6.00. The third kappa shape index (κ3) is 3.35. The van der Waals surface area contributed by atoms with Crippen molar-refractivity contribution in [3.8, 4) is 11.9 Å². The number of nitrogens with zero attached hydrogens (tertiary/aromatic N) is 6. The SMILES string of the molecule is [C-]#[N+]C1(NC(=O)c2cnc(-n3ncc4cc(C#N)c(N)nc43)cc2NC(C)C)CC1. The normalized spacial score (nSPS) is 14.2. The summed E-state index contributed by atoms with van der Waals surface area (Å²) in [4.78, 5) is 25.0. The first-order valence-corrected chi connectivity index (χ1v) is 9.38. The number of hydrogen-bond acceptors (Lipinski definition) is 7. The van der Waals surface area contributed by atoms with Crippen LogP contribution in [0.2, 0.25) is 0 Å². The summed E-state index contributed by atoms with van der Waals surface area (Å²) in [6.07, 6.45) is 4.33. The molecule has 1 aliphatic carbocycles. The average molecular weight is 401 g/mol. The van der Waals surface area contributed by atoms with Crippen molar-refractivity contribution < 1.29 is 4.79 Å². The van der Waals surface area contributed by atoms with E-state index < -0.39 is 5.66 Å². The van der Waals surface area contributed by atoms with Crippen LogP contribution in [0.25, 0.3) is 21.7 Å². The van der Waals surface area contributed by atoms with E-state index in [0.717, 1.165) is 0 Å². The van der Waals surface area contributed by atoms with E-state index in [0.29, 0.717) is 40.9 Å². The number of pyridine rings is 2. The Hall–Kier alpha value is -4.18. The molecule has 1 saturated carbocycles. The lowest BCUT2D eigenvalue weighted by molar-refractivity contribution is 0.0940. The number of nitrogens with two attached hydrogens (primary N) is 1. The quantitative estimate of drug-likeness (QED) is 0.557. The molecule has 4 N–H and O–H groups in total. The average Bonchev–Trinajstić information content (AvgIpc) is 3.37. The molecule has 30 heavy (non-hydrogen) atoms. The maximum Gasteiger partial charge on any atom is 0.308 e. The lowest BCUT2D eigenvalue weighted by Crippen LogP contribution is -2.35. The number of carbonyl (C=O) groups is 1. The van der Waals surface area contributed by atoms with Crippen LogP contribution in [0.4, 0.5) is 11.5 Å². The first kappa shape index (κ1) is 19.2. The van der Waals surface area contributed by atoms with Gasteiger partial charge in [0.2, 0.25) is 0 Å². The third-order valence-corrected chi connectivity index (χ3v) is 4.77. The van der Waals surface area contributed by atoms with Gasteiger partial charge >= 0.3 is 5.66 Å². The van der Waals surface area contributed by atoms with Crippen molar-refractivity contribution in [1.29, 1.82) is 5.26 Å². The minimum absolute atomic E-state index is 0.0591. The van der Waals surface area contributed by atoms with Gasteiger partial charge in [0.15, 0.2) is 11.5 Å². The van der Waals surface area contributed by atoms with Gasteiger partial charge in [-0.1, -0.05) is 0 Å². The molecule has 150 valence electrons. The van der Waals surface area contributed by atoms with E-state index in [4.69, 9.17) is 17.6 Å². The molecule has 3 aromatic rings. The Bertz CT molecular complexity index is 1240. The molecule has 10 nitrogen and oxygen atoms in total. The minimum Gasteiger partial charge on any atom is -0.383 e. The van der Waals surface area contributed by atoms with Crippen LogP contribution in [0.3, 0.4) is 0 Å². The Labute approximate surface area is 172 Å². The summed E-state index contributed by atoms with van der Waals surface area (Å²) in [5.74, 6) is 0.196. The molecule has 3 heterocycles. The molecular formula is C20H19N9O. The molecule has 4 rings (SSSR count). The van der Waals surface area contributed by atoms with E-state index in [-0.39, 0.29) is 23.3 Å². The van der Waals surface area contributed by atoms with E-state index in [1.807, 2.05) is 19.9 Å². The van der Waals surface area contributed by atoms with E-state index in [1.54, 1.807) is 18.3 Å². The number of aromatic nitrogens is 4. The monoisotopic (exact) mass is 401 g/mol. The van der Waals surface area contributed by atoms with Crippen LogP contribution in [-0.4, -0.2) is 37.4 Å². The van der Waals surface area contributed by atoms with Crippen LogP contribution < -0.4 is 16.4 Å². The van der Waals surface area contributed by atoms with Crippen LogP contribution in [0.1, 0.15) is 42.6 Å². The summed E-state index contributed by atoms with van der Waals surface area (Å²) >= 11 is 0. The van der Waals surface area contributed by atoms with E-state index >= 15 is 0 Å². The Morgan fingerprint density at radius 2 is 2.17 bits per heavy atom. The summed E-state index contributed by atoms with van der Waals surface area (Å²) in [6.45, 7) is 11.2. The highest BCUT2D eigenvalue weighted by Gasteiger charge is 2.52. The molecule has 1 fully saturated rings. The van der Waals surface area contributed by atoms with Crippen LogP contribution in [0.15, 0.2) is 24.5 Å². The summed E-state index contributed by atoms with van der Waals surface area (Å²) in [5, 5.41) is 20.1. The second-order valence-corrected chi connectivity index (χ2v) is 7.49. The fourth-order valence-electron chi connectivity index (χ4n) is 3.06. The molecule has 1 amide bonds. The molecule has 1 aliphatic rings. The van der Waals surface area contributed by atoms with Crippen molar-refractivity contribution in [3.63, 3.8) is 0 Å².